The predicted octanol–water partition coefficient (Wildman–Crippen LogP) is 2.83. The number of piperidine rings is 1. The molecule has 0 radical (unpaired) electrons. The zero-order chi connectivity index (χ0) is 14.1. The SMILES string of the molecule is CCCC1(C)CCCN(C(=O)C2CC(F)(F)CN2)C1.Cl. The lowest BCUT2D eigenvalue weighted by Crippen LogP contribution is -2.50. The number of hydrogen-bond donors (Lipinski definition) is 1. The minimum Gasteiger partial charge on any atom is -0.341 e. The topological polar surface area (TPSA) is 32.3 Å². The summed E-state index contributed by atoms with van der Waals surface area (Å²) in [5.74, 6) is -2.87. The molecule has 0 aliphatic carbocycles. The van der Waals surface area contributed by atoms with Crippen LogP contribution < -0.4 is 5.32 Å². The van der Waals surface area contributed by atoms with Crippen LogP contribution in [0.5, 0.6) is 0 Å². The van der Waals surface area contributed by atoms with Crippen molar-refractivity contribution in [1.29, 1.82) is 0 Å². The first kappa shape index (κ1) is 17.6. The molecule has 1 amide bonds. The molecular weight excluding hydrogens is 286 g/mol. The maximum absolute atomic E-state index is 13.2. The van der Waals surface area contributed by atoms with Crippen LogP contribution in [0.2, 0.25) is 0 Å². The van der Waals surface area contributed by atoms with E-state index >= 15 is 0 Å². The highest BCUT2D eigenvalue weighted by Gasteiger charge is 2.44. The Morgan fingerprint density at radius 2 is 2.15 bits per heavy atom. The summed E-state index contributed by atoms with van der Waals surface area (Å²) in [6.45, 7) is 5.40. The van der Waals surface area contributed by atoms with Gasteiger partial charge in [0.25, 0.3) is 5.92 Å². The molecule has 2 aliphatic heterocycles. The summed E-state index contributed by atoms with van der Waals surface area (Å²) >= 11 is 0. The average Bonchev–Trinajstić information content (AvgIpc) is 2.68. The van der Waals surface area contributed by atoms with Crippen molar-refractivity contribution >= 4 is 18.3 Å². The van der Waals surface area contributed by atoms with E-state index in [1.54, 1.807) is 4.90 Å². The lowest BCUT2D eigenvalue weighted by atomic mass is 9.78. The van der Waals surface area contributed by atoms with Crippen molar-refractivity contribution < 1.29 is 13.6 Å². The van der Waals surface area contributed by atoms with Crippen LogP contribution in [-0.4, -0.2) is 42.4 Å². The Balaban J connectivity index is 0.00000200. The Bertz CT molecular complexity index is 350. The van der Waals surface area contributed by atoms with Crippen LogP contribution in [0.15, 0.2) is 0 Å². The van der Waals surface area contributed by atoms with E-state index in [-0.39, 0.29) is 36.7 Å². The number of nitrogens with one attached hydrogen (secondary N) is 1. The van der Waals surface area contributed by atoms with E-state index < -0.39 is 12.0 Å². The summed E-state index contributed by atoms with van der Waals surface area (Å²) in [7, 11) is 0. The second-order valence-corrected chi connectivity index (χ2v) is 6.42. The number of carbonyl (C=O) groups is 1. The fourth-order valence-corrected chi connectivity index (χ4v) is 3.42. The van der Waals surface area contributed by atoms with Crippen molar-refractivity contribution in [1.82, 2.24) is 10.2 Å². The highest BCUT2D eigenvalue weighted by molar-refractivity contribution is 5.85. The molecule has 0 saturated carbocycles. The van der Waals surface area contributed by atoms with Gasteiger partial charge in [-0.2, -0.15) is 0 Å². The monoisotopic (exact) mass is 310 g/mol. The number of likely N-dealkylation sites (tertiary alicyclic amines) is 1. The zero-order valence-corrected chi connectivity index (χ0v) is 13.1. The fraction of sp³-hybridized carbons (Fsp3) is 0.929. The number of halogens is 3. The van der Waals surface area contributed by atoms with Crippen LogP contribution in [0.3, 0.4) is 0 Å². The molecule has 118 valence electrons. The first-order valence-electron chi connectivity index (χ1n) is 7.25. The molecule has 0 bridgehead atoms. The summed E-state index contributed by atoms with van der Waals surface area (Å²) in [6.07, 6.45) is 3.93. The van der Waals surface area contributed by atoms with Crippen molar-refractivity contribution in [2.75, 3.05) is 19.6 Å². The molecule has 6 heteroatoms. The van der Waals surface area contributed by atoms with Gasteiger partial charge in [0, 0.05) is 19.5 Å². The van der Waals surface area contributed by atoms with Gasteiger partial charge in [0.2, 0.25) is 5.91 Å². The van der Waals surface area contributed by atoms with E-state index in [1.807, 2.05) is 0 Å². The molecule has 2 saturated heterocycles. The molecular formula is C14H25ClF2N2O. The molecule has 2 fully saturated rings. The predicted molar refractivity (Wildman–Crippen MR) is 77.4 cm³/mol. The first-order valence-corrected chi connectivity index (χ1v) is 7.25. The number of hydrogen-bond acceptors (Lipinski definition) is 2. The van der Waals surface area contributed by atoms with Gasteiger partial charge in [-0.25, -0.2) is 8.78 Å². The summed E-state index contributed by atoms with van der Waals surface area (Å²) in [5, 5.41) is 2.66. The van der Waals surface area contributed by atoms with Gasteiger partial charge in [0.05, 0.1) is 12.6 Å². The third kappa shape index (κ3) is 4.04. The number of carbonyl (C=O) groups excluding carboxylic acids is 1. The Hall–Kier alpha value is -0.420. The molecule has 0 spiro atoms. The van der Waals surface area contributed by atoms with E-state index in [4.69, 9.17) is 0 Å². The zero-order valence-electron chi connectivity index (χ0n) is 12.3. The molecule has 2 atom stereocenters. The van der Waals surface area contributed by atoms with Gasteiger partial charge in [-0.1, -0.05) is 20.3 Å². The fourth-order valence-electron chi connectivity index (χ4n) is 3.42. The highest BCUT2D eigenvalue weighted by atomic mass is 35.5. The molecule has 0 aromatic carbocycles. The first-order chi connectivity index (χ1) is 8.85. The quantitative estimate of drug-likeness (QED) is 0.869. The summed E-state index contributed by atoms with van der Waals surface area (Å²) in [4.78, 5) is 14.1. The minimum atomic E-state index is -2.73. The Morgan fingerprint density at radius 1 is 1.45 bits per heavy atom. The number of nitrogens with zero attached hydrogens (tertiary/aromatic N) is 1. The average molecular weight is 311 g/mol. The van der Waals surface area contributed by atoms with Crippen molar-refractivity contribution in [3.8, 4) is 0 Å². The second-order valence-electron chi connectivity index (χ2n) is 6.42. The molecule has 2 unspecified atom stereocenters. The third-order valence-electron chi connectivity index (χ3n) is 4.35. The lowest BCUT2D eigenvalue weighted by molar-refractivity contribution is -0.137. The molecule has 2 rings (SSSR count). The van der Waals surface area contributed by atoms with Crippen molar-refractivity contribution in [3.63, 3.8) is 0 Å². The van der Waals surface area contributed by atoms with Crippen LogP contribution in [-0.2, 0) is 4.79 Å². The molecule has 20 heavy (non-hydrogen) atoms. The van der Waals surface area contributed by atoms with Crippen LogP contribution in [0, 0.1) is 5.41 Å². The molecule has 0 aromatic heterocycles. The Morgan fingerprint density at radius 3 is 2.70 bits per heavy atom. The minimum absolute atomic E-state index is 0. The molecule has 2 aliphatic rings. The number of amides is 1. The van der Waals surface area contributed by atoms with Gasteiger partial charge in [0.15, 0.2) is 0 Å². The summed E-state index contributed by atoms with van der Waals surface area (Å²) in [6, 6.07) is -0.695. The summed E-state index contributed by atoms with van der Waals surface area (Å²) in [5.41, 5.74) is 0.157. The van der Waals surface area contributed by atoms with Gasteiger partial charge < -0.3 is 4.90 Å². The Kier molecular flexibility index (Phi) is 5.79. The van der Waals surface area contributed by atoms with Gasteiger partial charge in [-0.3, -0.25) is 10.1 Å². The largest absolute Gasteiger partial charge is 0.341 e. The molecule has 0 aromatic rings. The van der Waals surface area contributed by atoms with Crippen molar-refractivity contribution in [2.24, 2.45) is 5.41 Å². The van der Waals surface area contributed by atoms with Crippen LogP contribution in [0.4, 0.5) is 8.78 Å². The van der Waals surface area contributed by atoms with Crippen LogP contribution in [0.25, 0.3) is 0 Å². The van der Waals surface area contributed by atoms with Gasteiger partial charge in [-0.15, -0.1) is 12.4 Å². The normalized spacial score (nSPS) is 32.8. The van der Waals surface area contributed by atoms with E-state index in [0.29, 0.717) is 13.1 Å². The van der Waals surface area contributed by atoms with E-state index in [9.17, 15) is 13.6 Å². The maximum atomic E-state index is 13.2. The third-order valence-corrected chi connectivity index (χ3v) is 4.35. The van der Waals surface area contributed by atoms with E-state index in [1.165, 1.54) is 0 Å². The standard InChI is InChI=1S/C14H24F2N2O.ClH/c1-3-5-13(2)6-4-7-18(10-13)12(19)11-8-14(15,16)9-17-11;/h11,17H,3-10H2,1-2H3;1H. The Labute approximate surface area is 125 Å². The summed E-state index contributed by atoms with van der Waals surface area (Å²) < 4.78 is 26.3. The highest BCUT2D eigenvalue weighted by Crippen LogP contribution is 2.35. The van der Waals surface area contributed by atoms with E-state index in [0.717, 1.165) is 25.7 Å². The van der Waals surface area contributed by atoms with Crippen LogP contribution in [0.1, 0.15) is 46.0 Å². The lowest BCUT2D eigenvalue weighted by Gasteiger charge is -2.41. The molecule has 1 N–H and O–H groups in total. The van der Waals surface area contributed by atoms with Crippen LogP contribution >= 0.6 is 12.4 Å². The van der Waals surface area contributed by atoms with Crippen molar-refractivity contribution in [2.45, 2.75) is 57.9 Å². The number of rotatable bonds is 3. The van der Waals surface area contributed by atoms with Gasteiger partial charge >= 0.3 is 0 Å². The van der Waals surface area contributed by atoms with Crippen molar-refractivity contribution in [3.05, 3.63) is 0 Å². The number of alkyl halides is 2. The van der Waals surface area contributed by atoms with Gasteiger partial charge in [0.1, 0.15) is 0 Å². The van der Waals surface area contributed by atoms with E-state index in [2.05, 4.69) is 19.2 Å². The second kappa shape index (κ2) is 6.56. The smallest absolute Gasteiger partial charge is 0.262 e. The maximum Gasteiger partial charge on any atom is 0.262 e. The van der Waals surface area contributed by atoms with Gasteiger partial charge in [-0.05, 0) is 24.7 Å². The molecule has 2 heterocycles. The molecule has 3 nitrogen and oxygen atoms in total.